The van der Waals surface area contributed by atoms with E-state index in [1.54, 1.807) is 0 Å². The molecule has 2 unspecified atom stereocenters. The maximum atomic E-state index is 8.82. The Morgan fingerprint density at radius 1 is 1.78 bits per heavy atom. The zero-order valence-corrected chi connectivity index (χ0v) is 5.71. The van der Waals surface area contributed by atoms with E-state index in [0.29, 0.717) is 6.61 Å². The summed E-state index contributed by atoms with van der Waals surface area (Å²) in [6.07, 6.45) is 0.809. The fourth-order valence-corrected chi connectivity index (χ4v) is 0.331. The first-order chi connectivity index (χ1) is 4.18. The van der Waals surface area contributed by atoms with Crippen molar-refractivity contribution in [1.82, 2.24) is 0 Å². The molecule has 0 aliphatic heterocycles. The summed E-state index contributed by atoms with van der Waals surface area (Å²) in [6, 6.07) is 0. The molecule has 0 aliphatic rings. The van der Waals surface area contributed by atoms with E-state index >= 15 is 0 Å². The highest BCUT2D eigenvalue weighted by molar-refractivity contribution is 4.66. The highest BCUT2D eigenvalue weighted by Crippen LogP contribution is 2.01. The third kappa shape index (κ3) is 4.03. The minimum Gasteiger partial charge on any atom is -0.501 e. The van der Waals surface area contributed by atoms with Crippen LogP contribution in [0.3, 0.4) is 0 Å². The molecule has 2 nitrogen and oxygen atoms in total. The molecule has 9 heavy (non-hydrogen) atoms. The van der Waals surface area contributed by atoms with Crippen molar-refractivity contribution in [3.8, 4) is 0 Å². The quantitative estimate of drug-likeness (QED) is 0.573. The topological polar surface area (TPSA) is 29.5 Å². The van der Waals surface area contributed by atoms with Gasteiger partial charge in [-0.05, 0) is 6.92 Å². The van der Waals surface area contributed by atoms with Crippen LogP contribution in [0.1, 0.15) is 6.92 Å². The van der Waals surface area contributed by atoms with Gasteiger partial charge in [-0.2, -0.15) is 0 Å². The van der Waals surface area contributed by atoms with Crippen LogP contribution in [0.5, 0.6) is 0 Å². The van der Waals surface area contributed by atoms with E-state index in [4.69, 9.17) is 9.84 Å². The summed E-state index contributed by atoms with van der Waals surface area (Å²) in [6.45, 7) is 9.14. The van der Waals surface area contributed by atoms with Crippen LogP contribution in [0.4, 0.5) is 0 Å². The monoisotopic (exact) mass is 129 g/mol. The minimum atomic E-state index is -0.551. The van der Waals surface area contributed by atoms with Crippen LogP contribution < -0.4 is 0 Å². The van der Waals surface area contributed by atoms with Crippen molar-refractivity contribution >= 4 is 0 Å². The van der Waals surface area contributed by atoms with Crippen molar-refractivity contribution in [2.24, 2.45) is 5.92 Å². The molecule has 2 heteroatoms. The molecule has 0 bridgehead atoms. The van der Waals surface area contributed by atoms with E-state index < -0.39 is 6.10 Å². The second kappa shape index (κ2) is 4.39. The lowest BCUT2D eigenvalue weighted by Crippen LogP contribution is -2.17. The van der Waals surface area contributed by atoms with E-state index in [-0.39, 0.29) is 5.92 Å². The van der Waals surface area contributed by atoms with Gasteiger partial charge in [-0.25, -0.2) is 0 Å². The summed E-state index contributed by atoms with van der Waals surface area (Å²) in [5.74, 6) is 0.0722. The van der Waals surface area contributed by atoms with Gasteiger partial charge in [0.2, 0.25) is 0 Å². The van der Waals surface area contributed by atoms with Crippen LogP contribution in [0, 0.1) is 12.8 Å². The van der Waals surface area contributed by atoms with Gasteiger partial charge in [0, 0.05) is 5.92 Å². The summed E-state index contributed by atoms with van der Waals surface area (Å²) >= 11 is 0. The highest BCUT2D eigenvalue weighted by Gasteiger charge is 2.07. The van der Waals surface area contributed by atoms with E-state index in [1.807, 2.05) is 6.92 Å². The van der Waals surface area contributed by atoms with Gasteiger partial charge < -0.3 is 9.84 Å². The molecule has 1 radical (unpaired) electrons. The van der Waals surface area contributed by atoms with Crippen molar-refractivity contribution < 1.29 is 9.84 Å². The molecule has 0 aliphatic carbocycles. The van der Waals surface area contributed by atoms with Gasteiger partial charge in [0.05, 0.1) is 19.0 Å². The van der Waals surface area contributed by atoms with Crippen molar-refractivity contribution in [2.75, 3.05) is 6.61 Å². The molecule has 0 amide bonds. The lowest BCUT2D eigenvalue weighted by atomic mass is 10.1. The van der Waals surface area contributed by atoms with Crippen LogP contribution in [-0.4, -0.2) is 17.8 Å². The van der Waals surface area contributed by atoms with Crippen LogP contribution in [0.2, 0.25) is 0 Å². The second-order valence-corrected chi connectivity index (χ2v) is 2.04. The van der Waals surface area contributed by atoms with Crippen molar-refractivity contribution in [3.05, 3.63) is 19.8 Å². The first-order valence-electron chi connectivity index (χ1n) is 2.92. The molecule has 0 saturated heterocycles. The third-order valence-corrected chi connectivity index (χ3v) is 1.13. The molecule has 0 rings (SSSR count). The molecule has 0 spiro atoms. The minimum absolute atomic E-state index is 0.0722. The molecule has 0 aromatic heterocycles. The molecule has 0 aromatic carbocycles. The Morgan fingerprint density at radius 3 is 2.67 bits per heavy atom. The van der Waals surface area contributed by atoms with Crippen LogP contribution in [0.25, 0.3) is 0 Å². The fraction of sp³-hybridized carbons (Fsp3) is 0.571. The van der Waals surface area contributed by atoms with Gasteiger partial charge in [0.25, 0.3) is 0 Å². The number of hydrogen-bond donors (Lipinski definition) is 1. The van der Waals surface area contributed by atoms with Crippen molar-refractivity contribution in [2.45, 2.75) is 13.0 Å². The number of aliphatic hydroxyl groups excluding tert-OH is 1. The number of ether oxygens (including phenoxy) is 1. The molecule has 2 atom stereocenters. The molecule has 0 fully saturated rings. The Morgan fingerprint density at radius 2 is 2.33 bits per heavy atom. The molecule has 53 valence electrons. The average Bonchev–Trinajstić information content (AvgIpc) is 1.82. The molecule has 0 aromatic rings. The Bertz CT molecular complexity index is 79.0. The maximum absolute atomic E-state index is 8.82. The van der Waals surface area contributed by atoms with E-state index in [2.05, 4.69) is 13.5 Å². The zero-order valence-electron chi connectivity index (χ0n) is 5.71. The smallest absolute Gasteiger partial charge is 0.0923 e. The lowest BCUT2D eigenvalue weighted by Gasteiger charge is -2.12. The summed E-state index contributed by atoms with van der Waals surface area (Å²) < 4.78 is 4.82. The standard InChI is InChI=1S/C7H13O2/c1-4-9-5-6(2)7(3)8/h4,6-8H,1,3,5H2,2H3. The van der Waals surface area contributed by atoms with E-state index in [0.717, 1.165) is 0 Å². The Labute approximate surface area is 56.1 Å². The molecule has 0 heterocycles. The zero-order chi connectivity index (χ0) is 7.28. The Hall–Kier alpha value is -0.500. The SMILES string of the molecule is [CH2]C(O)C(C)COC=C. The normalized spacial score (nSPS) is 16.3. The number of rotatable bonds is 4. The first kappa shape index (κ1) is 8.50. The molecular weight excluding hydrogens is 116 g/mol. The van der Waals surface area contributed by atoms with Crippen LogP contribution >= 0.6 is 0 Å². The summed E-state index contributed by atoms with van der Waals surface area (Å²) in [4.78, 5) is 0. The second-order valence-electron chi connectivity index (χ2n) is 2.04. The van der Waals surface area contributed by atoms with Gasteiger partial charge >= 0.3 is 0 Å². The van der Waals surface area contributed by atoms with E-state index in [1.165, 1.54) is 6.26 Å². The lowest BCUT2D eigenvalue weighted by molar-refractivity contribution is 0.100. The number of hydrogen-bond acceptors (Lipinski definition) is 2. The van der Waals surface area contributed by atoms with Crippen molar-refractivity contribution in [1.29, 1.82) is 0 Å². The molecule has 1 N–H and O–H groups in total. The largest absolute Gasteiger partial charge is 0.501 e. The van der Waals surface area contributed by atoms with Gasteiger partial charge in [0.1, 0.15) is 0 Å². The summed E-state index contributed by atoms with van der Waals surface area (Å²) in [7, 11) is 0. The van der Waals surface area contributed by atoms with Crippen LogP contribution in [0.15, 0.2) is 12.8 Å². The summed E-state index contributed by atoms with van der Waals surface area (Å²) in [5, 5.41) is 8.82. The van der Waals surface area contributed by atoms with Gasteiger partial charge in [-0.3, -0.25) is 0 Å². The van der Waals surface area contributed by atoms with Gasteiger partial charge in [-0.1, -0.05) is 13.5 Å². The third-order valence-electron chi connectivity index (χ3n) is 1.13. The predicted octanol–water partition coefficient (Wildman–Crippen LogP) is 0.978. The number of aliphatic hydroxyl groups is 1. The summed E-state index contributed by atoms with van der Waals surface area (Å²) in [5.41, 5.74) is 0. The predicted molar refractivity (Wildman–Crippen MR) is 36.7 cm³/mol. The highest BCUT2D eigenvalue weighted by atomic mass is 16.5. The Kier molecular flexibility index (Phi) is 4.14. The van der Waals surface area contributed by atoms with Crippen LogP contribution in [-0.2, 0) is 4.74 Å². The fourth-order valence-electron chi connectivity index (χ4n) is 0.331. The molecule has 0 saturated carbocycles. The van der Waals surface area contributed by atoms with Crippen molar-refractivity contribution in [3.63, 3.8) is 0 Å². The average molecular weight is 129 g/mol. The van der Waals surface area contributed by atoms with Gasteiger partial charge in [0.15, 0.2) is 0 Å². The Balaban J connectivity index is 3.26. The van der Waals surface area contributed by atoms with E-state index in [9.17, 15) is 0 Å². The molecular formula is C7H13O2. The first-order valence-corrected chi connectivity index (χ1v) is 2.92. The maximum Gasteiger partial charge on any atom is 0.0923 e. The van der Waals surface area contributed by atoms with Gasteiger partial charge in [-0.15, -0.1) is 0 Å².